The molecule has 0 fully saturated rings. The molecule has 0 amide bonds. The first kappa shape index (κ1) is 13.3. The average Bonchev–Trinajstić information content (AvgIpc) is 2.42. The van der Waals surface area contributed by atoms with Crippen LogP contribution in [0.2, 0.25) is 0 Å². The van der Waals surface area contributed by atoms with Gasteiger partial charge in [-0.25, -0.2) is 9.97 Å². The normalized spacial score (nSPS) is 10.4. The van der Waals surface area contributed by atoms with Crippen LogP contribution in [-0.4, -0.2) is 22.0 Å². The van der Waals surface area contributed by atoms with Crippen molar-refractivity contribution < 1.29 is 0 Å². The van der Waals surface area contributed by atoms with Gasteiger partial charge in [0.1, 0.15) is 18.0 Å². The molecule has 0 saturated carbocycles. The maximum Gasteiger partial charge on any atom is 0.137 e. The Hall–Kier alpha value is -2.17. The van der Waals surface area contributed by atoms with Crippen molar-refractivity contribution in [2.45, 2.75) is 26.3 Å². The summed E-state index contributed by atoms with van der Waals surface area (Å²) in [4.78, 5) is 14.6. The van der Waals surface area contributed by atoms with E-state index in [0.29, 0.717) is 5.82 Å². The fraction of sp³-hybridized carbons (Fsp3) is 0.357. The summed E-state index contributed by atoms with van der Waals surface area (Å²) in [5.41, 5.74) is 8.17. The minimum Gasteiger partial charge on any atom is -0.383 e. The lowest BCUT2D eigenvalue weighted by Crippen LogP contribution is -2.20. The number of hydrogen-bond donors (Lipinski definition) is 1. The fourth-order valence-electron chi connectivity index (χ4n) is 2.07. The van der Waals surface area contributed by atoms with Crippen molar-refractivity contribution in [3.05, 3.63) is 42.0 Å². The molecule has 5 nitrogen and oxygen atoms in total. The molecule has 0 bridgehead atoms. The molecule has 0 aliphatic rings. The zero-order valence-corrected chi connectivity index (χ0v) is 11.4. The predicted molar refractivity (Wildman–Crippen MR) is 76.8 cm³/mol. The molecule has 0 aromatic carbocycles. The maximum atomic E-state index is 5.95. The summed E-state index contributed by atoms with van der Waals surface area (Å²) in [7, 11) is 2.02. The highest BCUT2D eigenvalue weighted by Crippen LogP contribution is 2.23. The number of pyridine rings is 1. The Kier molecular flexibility index (Phi) is 4.28. The maximum absolute atomic E-state index is 5.95. The number of hydrogen-bond acceptors (Lipinski definition) is 5. The Morgan fingerprint density at radius 2 is 1.95 bits per heavy atom. The number of rotatable bonds is 5. The number of aromatic nitrogens is 3. The van der Waals surface area contributed by atoms with Crippen LogP contribution >= 0.6 is 0 Å². The van der Waals surface area contributed by atoms with Gasteiger partial charge in [-0.15, -0.1) is 0 Å². The van der Waals surface area contributed by atoms with E-state index in [2.05, 4.69) is 26.8 Å². The quantitative estimate of drug-likeness (QED) is 0.887. The van der Waals surface area contributed by atoms with Crippen molar-refractivity contribution >= 4 is 11.6 Å². The third kappa shape index (κ3) is 3.19. The summed E-state index contributed by atoms with van der Waals surface area (Å²) in [6.07, 6.45) is 7.03. The van der Waals surface area contributed by atoms with E-state index in [-0.39, 0.29) is 0 Å². The zero-order chi connectivity index (χ0) is 13.7. The molecule has 0 aliphatic carbocycles. The fourth-order valence-corrected chi connectivity index (χ4v) is 2.07. The molecule has 100 valence electrons. The van der Waals surface area contributed by atoms with E-state index in [0.717, 1.165) is 30.8 Å². The minimum absolute atomic E-state index is 0.577. The molecule has 0 aliphatic heterocycles. The van der Waals surface area contributed by atoms with Crippen molar-refractivity contribution in [1.82, 2.24) is 15.0 Å². The SMILES string of the molecule is CCCc1c(N)ncnc1N(C)Cc1ccncc1. The summed E-state index contributed by atoms with van der Waals surface area (Å²) in [6.45, 7) is 2.90. The second kappa shape index (κ2) is 6.13. The molecule has 0 atom stereocenters. The lowest BCUT2D eigenvalue weighted by atomic mass is 10.1. The predicted octanol–water partition coefficient (Wildman–Crippen LogP) is 2.04. The number of nitrogen functional groups attached to an aromatic ring is 1. The van der Waals surface area contributed by atoms with Crippen molar-refractivity contribution in [1.29, 1.82) is 0 Å². The van der Waals surface area contributed by atoms with Crippen molar-refractivity contribution in [2.24, 2.45) is 0 Å². The van der Waals surface area contributed by atoms with Gasteiger partial charge in [0.15, 0.2) is 0 Å². The molecule has 2 rings (SSSR count). The molecule has 0 radical (unpaired) electrons. The summed E-state index contributed by atoms with van der Waals surface area (Å²) >= 11 is 0. The number of nitrogens with zero attached hydrogens (tertiary/aromatic N) is 4. The molecule has 0 unspecified atom stereocenters. The molecule has 2 N–H and O–H groups in total. The van der Waals surface area contributed by atoms with E-state index in [1.807, 2.05) is 19.2 Å². The van der Waals surface area contributed by atoms with Gasteiger partial charge in [-0.3, -0.25) is 4.98 Å². The summed E-state index contributed by atoms with van der Waals surface area (Å²) < 4.78 is 0. The van der Waals surface area contributed by atoms with Crippen LogP contribution in [0.15, 0.2) is 30.9 Å². The van der Waals surface area contributed by atoms with E-state index < -0.39 is 0 Å². The van der Waals surface area contributed by atoms with Crippen molar-refractivity contribution in [2.75, 3.05) is 17.7 Å². The molecule has 2 heterocycles. The monoisotopic (exact) mass is 257 g/mol. The van der Waals surface area contributed by atoms with Crippen LogP contribution in [0.25, 0.3) is 0 Å². The summed E-state index contributed by atoms with van der Waals surface area (Å²) in [5, 5.41) is 0. The van der Waals surface area contributed by atoms with Crippen molar-refractivity contribution in [3.8, 4) is 0 Å². The van der Waals surface area contributed by atoms with Gasteiger partial charge in [0.25, 0.3) is 0 Å². The molecule has 2 aromatic rings. The third-order valence-electron chi connectivity index (χ3n) is 2.99. The summed E-state index contributed by atoms with van der Waals surface area (Å²) in [6, 6.07) is 4.00. The van der Waals surface area contributed by atoms with E-state index in [1.54, 1.807) is 12.4 Å². The summed E-state index contributed by atoms with van der Waals surface area (Å²) in [5.74, 6) is 1.49. The van der Waals surface area contributed by atoms with Crippen LogP contribution in [0.1, 0.15) is 24.5 Å². The van der Waals surface area contributed by atoms with Gasteiger partial charge in [-0.05, 0) is 24.1 Å². The molecular formula is C14H19N5. The highest BCUT2D eigenvalue weighted by Gasteiger charge is 2.12. The molecular weight excluding hydrogens is 238 g/mol. The first-order chi connectivity index (χ1) is 9.22. The molecule has 19 heavy (non-hydrogen) atoms. The first-order valence-corrected chi connectivity index (χ1v) is 6.41. The molecule has 0 saturated heterocycles. The van der Waals surface area contributed by atoms with Crippen LogP contribution in [0.3, 0.4) is 0 Å². The van der Waals surface area contributed by atoms with Crippen LogP contribution in [0.5, 0.6) is 0 Å². The lowest BCUT2D eigenvalue weighted by molar-refractivity contribution is 0.844. The highest BCUT2D eigenvalue weighted by molar-refractivity contribution is 5.56. The van der Waals surface area contributed by atoms with Gasteiger partial charge in [-0.1, -0.05) is 13.3 Å². The Bertz CT molecular complexity index is 527. The Balaban J connectivity index is 2.23. The smallest absolute Gasteiger partial charge is 0.137 e. The number of nitrogens with two attached hydrogens (primary N) is 1. The van der Waals surface area contributed by atoms with Gasteiger partial charge >= 0.3 is 0 Å². The molecule has 2 aromatic heterocycles. The Morgan fingerprint density at radius 3 is 2.63 bits per heavy atom. The molecule has 0 spiro atoms. The third-order valence-corrected chi connectivity index (χ3v) is 2.99. The molecule has 5 heteroatoms. The van der Waals surface area contributed by atoms with E-state index >= 15 is 0 Å². The zero-order valence-electron chi connectivity index (χ0n) is 11.4. The second-order valence-electron chi connectivity index (χ2n) is 4.52. The topological polar surface area (TPSA) is 67.9 Å². The van der Waals surface area contributed by atoms with Gasteiger partial charge in [-0.2, -0.15) is 0 Å². The van der Waals surface area contributed by atoms with E-state index in [9.17, 15) is 0 Å². The standard InChI is InChI=1S/C14H19N5/c1-3-4-12-13(15)17-10-18-14(12)19(2)9-11-5-7-16-8-6-11/h5-8,10H,3-4,9H2,1-2H3,(H2,15,17,18). The van der Waals surface area contributed by atoms with Gasteiger partial charge < -0.3 is 10.6 Å². The Labute approximate surface area is 113 Å². The number of anilines is 2. The van der Waals surface area contributed by atoms with Gasteiger partial charge in [0.05, 0.1) is 0 Å². The van der Waals surface area contributed by atoms with Gasteiger partial charge in [0.2, 0.25) is 0 Å². The average molecular weight is 257 g/mol. The van der Waals surface area contributed by atoms with Gasteiger partial charge in [0, 0.05) is 31.5 Å². The second-order valence-corrected chi connectivity index (χ2v) is 4.52. The van der Waals surface area contributed by atoms with Crippen LogP contribution in [0, 0.1) is 0 Å². The van der Waals surface area contributed by atoms with Crippen LogP contribution < -0.4 is 10.6 Å². The highest BCUT2D eigenvalue weighted by atomic mass is 15.2. The largest absolute Gasteiger partial charge is 0.383 e. The van der Waals surface area contributed by atoms with Crippen molar-refractivity contribution in [3.63, 3.8) is 0 Å². The van der Waals surface area contributed by atoms with Crippen LogP contribution in [0.4, 0.5) is 11.6 Å². The van der Waals surface area contributed by atoms with Crippen LogP contribution in [-0.2, 0) is 13.0 Å². The Morgan fingerprint density at radius 1 is 1.21 bits per heavy atom. The minimum atomic E-state index is 0.577. The van der Waals surface area contributed by atoms with E-state index in [4.69, 9.17) is 5.73 Å². The first-order valence-electron chi connectivity index (χ1n) is 6.41. The van der Waals surface area contributed by atoms with E-state index in [1.165, 1.54) is 11.9 Å². The lowest BCUT2D eigenvalue weighted by Gasteiger charge is -2.21.